The van der Waals surface area contributed by atoms with Gasteiger partial charge in [-0.1, -0.05) is 0 Å². The molecular formula is C3H2F6O2S. The number of hydrogen-bond acceptors (Lipinski definition) is 2. The van der Waals surface area contributed by atoms with Crippen LogP contribution in [0.15, 0.2) is 0 Å². The smallest absolute Gasteiger partial charge is 0.274 e. The summed E-state index contributed by atoms with van der Waals surface area (Å²) in [6, 6.07) is 0. The molecule has 0 fully saturated rings. The molecule has 0 bridgehead atoms. The number of rotatable bonds is 2. The van der Waals surface area contributed by atoms with Gasteiger partial charge in [0.05, 0.1) is 0 Å². The maximum atomic E-state index is 11.2. The summed E-state index contributed by atoms with van der Waals surface area (Å²) in [4.78, 5) is 0. The first-order chi connectivity index (χ1) is 5.13. The van der Waals surface area contributed by atoms with Gasteiger partial charge >= 0.3 is 11.7 Å². The van der Waals surface area contributed by atoms with Gasteiger partial charge in [-0.2, -0.15) is 26.3 Å². The molecule has 0 N–H and O–H groups in total. The van der Waals surface area contributed by atoms with Crippen LogP contribution in [0.1, 0.15) is 0 Å². The summed E-state index contributed by atoms with van der Waals surface area (Å²) in [7, 11) is 0. The fourth-order valence-electron chi connectivity index (χ4n) is 0.187. The average Bonchev–Trinajstić information content (AvgIpc) is 1.78. The van der Waals surface area contributed by atoms with E-state index in [1.54, 1.807) is 0 Å². The van der Waals surface area contributed by atoms with Gasteiger partial charge in [-0.15, -0.1) is 0 Å². The molecule has 0 saturated carbocycles. The third-order valence-electron chi connectivity index (χ3n) is 0.519. The van der Waals surface area contributed by atoms with E-state index in [9.17, 15) is 30.6 Å². The second-order valence-electron chi connectivity index (χ2n) is 1.56. The molecule has 0 amide bonds. The van der Waals surface area contributed by atoms with Gasteiger partial charge in [0.1, 0.15) is 0 Å². The van der Waals surface area contributed by atoms with Crippen LogP contribution in [0, 0.1) is 0 Å². The molecule has 0 aliphatic rings. The van der Waals surface area contributed by atoms with Gasteiger partial charge in [0.15, 0.2) is 6.61 Å². The van der Waals surface area contributed by atoms with Crippen molar-refractivity contribution in [2.75, 3.05) is 6.61 Å². The van der Waals surface area contributed by atoms with Crippen molar-refractivity contribution >= 4 is 11.1 Å². The van der Waals surface area contributed by atoms with Crippen LogP contribution < -0.4 is 0 Å². The quantitative estimate of drug-likeness (QED) is 0.657. The van der Waals surface area contributed by atoms with E-state index in [1.165, 1.54) is 0 Å². The summed E-state index contributed by atoms with van der Waals surface area (Å²) in [6.07, 6.45) is -4.92. The minimum absolute atomic E-state index is 2.18. The molecular weight excluding hydrogens is 214 g/mol. The Kier molecular flexibility index (Phi) is 3.51. The van der Waals surface area contributed by atoms with E-state index in [2.05, 4.69) is 4.18 Å². The first kappa shape index (κ1) is 11.7. The lowest BCUT2D eigenvalue weighted by molar-refractivity contribution is -0.154. The lowest BCUT2D eigenvalue weighted by Gasteiger charge is -2.07. The van der Waals surface area contributed by atoms with E-state index in [-0.39, 0.29) is 0 Å². The Balaban J connectivity index is 3.90. The van der Waals surface area contributed by atoms with E-state index in [0.717, 1.165) is 0 Å². The zero-order chi connectivity index (χ0) is 9.99. The predicted molar refractivity (Wildman–Crippen MR) is 26.2 cm³/mol. The van der Waals surface area contributed by atoms with Crippen LogP contribution in [0.25, 0.3) is 0 Å². The maximum absolute atomic E-state index is 11.2. The van der Waals surface area contributed by atoms with Crippen LogP contribution in [0.5, 0.6) is 0 Å². The summed E-state index contributed by atoms with van der Waals surface area (Å²) < 4.78 is 80.0. The Morgan fingerprint density at radius 3 is 1.75 bits per heavy atom. The lowest BCUT2D eigenvalue weighted by atomic mass is 10.7. The zero-order valence-electron chi connectivity index (χ0n) is 5.20. The molecule has 1 atom stereocenters. The van der Waals surface area contributed by atoms with Gasteiger partial charge in [0.25, 0.3) is 11.1 Å². The molecule has 2 nitrogen and oxygen atoms in total. The van der Waals surface area contributed by atoms with Crippen LogP contribution in [0.4, 0.5) is 26.3 Å². The second-order valence-corrected chi connectivity index (χ2v) is 2.73. The van der Waals surface area contributed by atoms with Gasteiger partial charge in [0, 0.05) is 0 Å². The van der Waals surface area contributed by atoms with Gasteiger partial charge in [-0.25, -0.2) is 4.21 Å². The SMILES string of the molecule is O=S(OCC(F)(F)F)C(F)(F)F. The molecule has 0 aliphatic heterocycles. The van der Waals surface area contributed by atoms with E-state index in [1.807, 2.05) is 0 Å². The highest BCUT2D eigenvalue weighted by molar-refractivity contribution is 7.81. The molecule has 0 radical (unpaired) electrons. The molecule has 0 aromatic rings. The fraction of sp³-hybridized carbons (Fsp3) is 1.00. The fourth-order valence-corrected chi connectivity index (χ4v) is 0.561. The summed E-state index contributed by atoms with van der Waals surface area (Å²) in [5, 5.41) is 0. The van der Waals surface area contributed by atoms with Gasteiger partial charge in [-0.05, 0) is 0 Å². The van der Waals surface area contributed by atoms with Crippen LogP contribution in [0.3, 0.4) is 0 Å². The largest absolute Gasteiger partial charge is 0.497 e. The molecule has 12 heavy (non-hydrogen) atoms. The molecule has 0 heterocycles. The van der Waals surface area contributed by atoms with Gasteiger partial charge in [-0.3, -0.25) is 4.18 Å². The third kappa shape index (κ3) is 5.35. The van der Waals surface area contributed by atoms with Crippen molar-refractivity contribution in [3.05, 3.63) is 0 Å². The van der Waals surface area contributed by atoms with Crippen molar-refractivity contribution in [2.45, 2.75) is 11.7 Å². The number of hydrogen-bond donors (Lipinski definition) is 0. The van der Waals surface area contributed by atoms with Crippen LogP contribution >= 0.6 is 0 Å². The van der Waals surface area contributed by atoms with Crippen molar-refractivity contribution in [1.29, 1.82) is 0 Å². The normalized spacial score (nSPS) is 16.2. The topological polar surface area (TPSA) is 26.3 Å². The molecule has 0 aromatic carbocycles. The number of alkyl halides is 6. The Morgan fingerprint density at radius 2 is 1.50 bits per heavy atom. The third-order valence-corrected chi connectivity index (χ3v) is 1.23. The van der Waals surface area contributed by atoms with E-state index in [4.69, 9.17) is 0 Å². The van der Waals surface area contributed by atoms with E-state index in [0.29, 0.717) is 0 Å². The number of halogens is 6. The minimum atomic E-state index is -5.27. The Hall–Kier alpha value is -0.310. The molecule has 0 aliphatic carbocycles. The predicted octanol–water partition coefficient (Wildman–Crippen LogP) is 1.75. The summed E-state index contributed by atoms with van der Waals surface area (Å²) in [5.74, 6) is 0. The molecule has 0 saturated heterocycles. The highest BCUT2D eigenvalue weighted by Crippen LogP contribution is 2.23. The first-order valence-electron chi connectivity index (χ1n) is 2.31. The van der Waals surface area contributed by atoms with E-state index >= 15 is 0 Å². The Morgan fingerprint density at radius 1 is 1.08 bits per heavy atom. The molecule has 0 rings (SSSR count). The lowest BCUT2D eigenvalue weighted by Crippen LogP contribution is -2.24. The minimum Gasteiger partial charge on any atom is -0.274 e. The molecule has 9 heteroatoms. The van der Waals surface area contributed by atoms with Crippen molar-refractivity contribution in [1.82, 2.24) is 0 Å². The van der Waals surface area contributed by atoms with Crippen LogP contribution in [-0.4, -0.2) is 22.5 Å². The van der Waals surface area contributed by atoms with E-state index < -0.39 is 29.4 Å². The first-order valence-corrected chi connectivity index (χ1v) is 3.39. The Bertz CT molecular complexity index is 171. The van der Waals surface area contributed by atoms with Crippen LogP contribution in [-0.2, 0) is 15.3 Å². The maximum Gasteiger partial charge on any atom is 0.497 e. The monoisotopic (exact) mass is 216 g/mol. The average molecular weight is 216 g/mol. The highest BCUT2D eigenvalue weighted by atomic mass is 32.2. The molecule has 74 valence electrons. The van der Waals surface area contributed by atoms with Crippen molar-refractivity contribution in [3.63, 3.8) is 0 Å². The highest BCUT2D eigenvalue weighted by Gasteiger charge is 2.41. The van der Waals surface area contributed by atoms with Crippen molar-refractivity contribution in [3.8, 4) is 0 Å². The molecule has 0 aromatic heterocycles. The zero-order valence-corrected chi connectivity index (χ0v) is 6.02. The molecule has 1 unspecified atom stereocenters. The standard InChI is InChI=1S/C3H2F6O2S/c4-2(5,6)1-11-12(10)3(7,8)9/h1H2. The second kappa shape index (κ2) is 3.60. The van der Waals surface area contributed by atoms with Crippen LogP contribution in [0.2, 0.25) is 0 Å². The summed E-state index contributed by atoms with van der Waals surface area (Å²) in [6.45, 7) is -2.18. The van der Waals surface area contributed by atoms with Gasteiger partial charge in [0.2, 0.25) is 0 Å². The van der Waals surface area contributed by atoms with Gasteiger partial charge < -0.3 is 0 Å². The van der Waals surface area contributed by atoms with Crippen molar-refractivity contribution in [2.24, 2.45) is 0 Å². The summed E-state index contributed by atoms with van der Waals surface area (Å²) >= 11 is -3.90. The van der Waals surface area contributed by atoms with Crippen molar-refractivity contribution < 1.29 is 34.7 Å². The Labute approximate surface area is 65.2 Å². The summed E-state index contributed by atoms with van der Waals surface area (Å²) in [5.41, 5.74) is -5.27. The molecule has 0 spiro atoms.